The maximum Gasteiger partial charge on any atom is 0.201 e. The van der Waals surface area contributed by atoms with Gasteiger partial charge in [-0.1, -0.05) is 30.3 Å². The Kier molecular flexibility index (Phi) is 6.21. The summed E-state index contributed by atoms with van der Waals surface area (Å²) in [6.07, 6.45) is 0. The van der Waals surface area contributed by atoms with Crippen LogP contribution in [0.1, 0.15) is 18.1 Å². The fourth-order valence-electron chi connectivity index (χ4n) is 2.72. The Labute approximate surface area is 161 Å². The maximum atomic E-state index is 14.3. The highest BCUT2D eigenvalue weighted by molar-refractivity contribution is 5.65. The number of halogens is 3. The smallest absolute Gasteiger partial charge is 0.201 e. The van der Waals surface area contributed by atoms with Crippen LogP contribution in [-0.2, 0) is 13.2 Å². The van der Waals surface area contributed by atoms with Crippen molar-refractivity contribution in [2.75, 3.05) is 6.61 Å². The molecule has 146 valence electrons. The number of hydrogen-bond donors (Lipinski definition) is 1. The molecule has 3 rings (SSSR count). The zero-order chi connectivity index (χ0) is 20.1. The SMILES string of the molecule is CCOc1ccc(-c2ccc(COc3ccc(CO)cc3F)cc2)c(F)c1F. The molecule has 1 N–H and O–H groups in total. The average Bonchev–Trinajstić information content (AvgIpc) is 2.71. The molecule has 3 aromatic carbocycles. The van der Waals surface area contributed by atoms with E-state index in [1.807, 2.05) is 0 Å². The number of aliphatic hydroxyl groups excluding tert-OH is 1. The molecule has 28 heavy (non-hydrogen) atoms. The summed E-state index contributed by atoms with van der Waals surface area (Å²) in [6.45, 7) is 1.80. The first kappa shape index (κ1) is 19.8. The summed E-state index contributed by atoms with van der Waals surface area (Å²) < 4.78 is 52.7. The molecule has 3 aromatic rings. The minimum Gasteiger partial charge on any atom is -0.491 e. The summed E-state index contributed by atoms with van der Waals surface area (Å²) in [6, 6.07) is 13.8. The predicted molar refractivity (Wildman–Crippen MR) is 99.6 cm³/mol. The molecule has 0 bridgehead atoms. The molecule has 0 saturated heterocycles. The van der Waals surface area contributed by atoms with Gasteiger partial charge in [-0.25, -0.2) is 8.78 Å². The van der Waals surface area contributed by atoms with Gasteiger partial charge in [0, 0.05) is 5.56 Å². The summed E-state index contributed by atoms with van der Waals surface area (Å²) in [7, 11) is 0. The maximum absolute atomic E-state index is 14.3. The molecule has 0 saturated carbocycles. The molecule has 0 radical (unpaired) electrons. The molecule has 0 aliphatic heterocycles. The Bertz CT molecular complexity index is 956. The van der Waals surface area contributed by atoms with Gasteiger partial charge in [-0.3, -0.25) is 0 Å². The molecular formula is C22H19F3O3. The van der Waals surface area contributed by atoms with Crippen LogP contribution in [0.25, 0.3) is 11.1 Å². The lowest BCUT2D eigenvalue weighted by atomic mass is 10.0. The van der Waals surface area contributed by atoms with Crippen LogP contribution in [0.5, 0.6) is 11.5 Å². The highest BCUT2D eigenvalue weighted by Gasteiger charge is 2.15. The third kappa shape index (κ3) is 4.28. The predicted octanol–water partition coefficient (Wildman–Crippen LogP) is 5.24. The quantitative estimate of drug-likeness (QED) is 0.602. The molecule has 0 aromatic heterocycles. The van der Waals surface area contributed by atoms with E-state index >= 15 is 0 Å². The zero-order valence-corrected chi connectivity index (χ0v) is 15.2. The van der Waals surface area contributed by atoms with Gasteiger partial charge in [0.05, 0.1) is 13.2 Å². The van der Waals surface area contributed by atoms with E-state index in [0.29, 0.717) is 11.1 Å². The van der Waals surface area contributed by atoms with E-state index in [2.05, 4.69) is 0 Å². The fourth-order valence-corrected chi connectivity index (χ4v) is 2.72. The lowest BCUT2D eigenvalue weighted by Gasteiger charge is -2.11. The van der Waals surface area contributed by atoms with Gasteiger partial charge in [-0.2, -0.15) is 4.39 Å². The number of benzene rings is 3. The molecule has 0 amide bonds. The first-order valence-electron chi connectivity index (χ1n) is 8.75. The van der Waals surface area contributed by atoms with E-state index in [1.54, 1.807) is 37.3 Å². The van der Waals surface area contributed by atoms with E-state index in [4.69, 9.17) is 14.6 Å². The first-order chi connectivity index (χ1) is 13.5. The number of aliphatic hydroxyl groups is 1. The largest absolute Gasteiger partial charge is 0.491 e. The molecule has 0 spiro atoms. The van der Waals surface area contributed by atoms with E-state index in [0.717, 1.165) is 5.56 Å². The normalized spacial score (nSPS) is 10.8. The molecule has 0 fully saturated rings. The van der Waals surface area contributed by atoms with Crippen molar-refractivity contribution >= 4 is 0 Å². The Balaban J connectivity index is 1.73. The summed E-state index contributed by atoms with van der Waals surface area (Å²) in [5.74, 6) is -2.60. The Morgan fingerprint density at radius 2 is 1.46 bits per heavy atom. The van der Waals surface area contributed by atoms with Gasteiger partial charge in [-0.15, -0.1) is 0 Å². The van der Waals surface area contributed by atoms with Crippen molar-refractivity contribution in [2.45, 2.75) is 20.1 Å². The Hall–Kier alpha value is -2.99. The van der Waals surface area contributed by atoms with Gasteiger partial charge < -0.3 is 14.6 Å². The van der Waals surface area contributed by atoms with E-state index in [9.17, 15) is 13.2 Å². The van der Waals surface area contributed by atoms with Crippen LogP contribution < -0.4 is 9.47 Å². The van der Waals surface area contributed by atoms with Crippen molar-refractivity contribution in [3.05, 3.63) is 83.2 Å². The molecule has 0 heterocycles. The van der Waals surface area contributed by atoms with Crippen LogP contribution in [0.2, 0.25) is 0 Å². The van der Waals surface area contributed by atoms with E-state index < -0.39 is 17.5 Å². The minimum atomic E-state index is -1.02. The topological polar surface area (TPSA) is 38.7 Å². The van der Waals surface area contributed by atoms with Gasteiger partial charge in [0.2, 0.25) is 5.82 Å². The second-order valence-corrected chi connectivity index (χ2v) is 6.08. The second-order valence-electron chi connectivity index (χ2n) is 6.08. The second kappa shape index (κ2) is 8.80. The van der Waals surface area contributed by atoms with Crippen LogP contribution >= 0.6 is 0 Å². The summed E-state index contributed by atoms with van der Waals surface area (Å²) >= 11 is 0. The average molecular weight is 388 g/mol. The van der Waals surface area contributed by atoms with Gasteiger partial charge >= 0.3 is 0 Å². The lowest BCUT2D eigenvalue weighted by Crippen LogP contribution is -1.99. The standard InChI is InChI=1S/C22H19F3O3/c1-2-27-20-10-8-17(21(24)22(20)25)16-6-3-14(4-7-16)13-28-19-9-5-15(12-26)11-18(19)23/h3-11,26H,2,12-13H2,1H3. The molecule has 0 aliphatic carbocycles. The Morgan fingerprint density at radius 3 is 2.11 bits per heavy atom. The van der Waals surface area contributed by atoms with Gasteiger partial charge in [0.15, 0.2) is 23.1 Å². The molecule has 3 nitrogen and oxygen atoms in total. The van der Waals surface area contributed by atoms with Crippen molar-refractivity contribution in [1.29, 1.82) is 0 Å². The monoisotopic (exact) mass is 388 g/mol. The van der Waals surface area contributed by atoms with Crippen LogP contribution in [0, 0.1) is 17.5 Å². The van der Waals surface area contributed by atoms with Crippen LogP contribution in [0.15, 0.2) is 54.6 Å². The van der Waals surface area contributed by atoms with Crippen LogP contribution in [0.4, 0.5) is 13.2 Å². The summed E-state index contributed by atoms with van der Waals surface area (Å²) in [5, 5.41) is 8.99. The van der Waals surface area contributed by atoms with Crippen molar-refractivity contribution in [1.82, 2.24) is 0 Å². The van der Waals surface area contributed by atoms with Gasteiger partial charge in [-0.05, 0) is 47.9 Å². The lowest BCUT2D eigenvalue weighted by molar-refractivity contribution is 0.276. The third-order valence-electron chi connectivity index (χ3n) is 4.18. The summed E-state index contributed by atoms with van der Waals surface area (Å²) in [4.78, 5) is 0. The van der Waals surface area contributed by atoms with Gasteiger partial charge in [0.1, 0.15) is 6.61 Å². The minimum absolute atomic E-state index is 0.0703. The third-order valence-corrected chi connectivity index (χ3v) is 4.18. The van der Waals surface area contributed by atoms with Crippen LogP contribution in [0.3, 0.4) is 0 Å². The Morgan fingerprint density at radius 1 is 0.786 bits per heavy atom. The number of ether oxygens (including phenoxy) is 2. The van der Waals surface area contributed by atoms with Crippen molar-refractivity contribution in [3.63, 3.8) is 0 Å². The highest BCUT2D eigenvalue weighted by atomic mass is 19.2. The zero-order valence-electron chi connectivity index (χ0n) is 15.2. The number of hydrogen-bond acceptors (Lipinski definition) is 3. The summed E-state index contributed by atoms with van der Waals surface area (Å²) in [5.41, 5.74) is 1.82. The molecular weight excluding hydrogens is 369 g/mol. The van der Waals surface area contributed by atoms with E-state index in [-0.39, 0.29) is 36.9 Å². The highest BCUT2D eigenvalue weighted by Crippen LogP contribution is 2.30. The molecule has 6 heteroatoms. The van der Waals surface area contributed by atoms with Gasteiger partial charge in [0.25, 0.3) is 0 Å². The number of rotatable bonds is 7. The molecule has 0 atom stereocenters. The van der Waals surface area contributed by atoms with Crippen molar-refractivity contribution < 1.29 is 27.8 Å². The van der Waals surface area contributed by atoms with Crippen LogP contribution in [-0.4, -0.2) is 11.7 Å². The van der Waals surface area contributed by atoms with E-state index in [1.165, 1.54) is 24.3 Å². The van der Waals surface area contributed by atoms with Crippen molar-refractivity contribution in [2.24, 2.45) is 0 Å². The molecule has 0 aliphatic rings. The fraction of sp³-hybridized carbons (Fsp3) is 0.182. The van der Waals surface area contributed by atoms with Crippen molar-refractivity contribution in [3.8, 4) is 22.6 Å². The molecule has 0 unspecified atom stereocenters. The first-order valence-corrected chi connectivity index (χ1v) is 8.75.